The van der Waals surface area contributed by atoms with Crippen molar-refractivity contribution in [1.29, 1.82) is 0 Å². The van der Waals surface area contributed by atoms with Crippen molar-refractivity contribution < 1.29 is 14.3 Å². The first-order chi connectivity index (χ1) is 16.9. The number of methoxy groups -OCH3 is 1. The van der Waals surface area contributed by atoms with E-state index in [-0.39, 0.29) is 18.4 Å². The molecule has 1 saturated heterocycles. The van der Waals surface area contributed by atoms with Crippen molar-refractivity contribution in [3.63, 3.8) is 0 Å². The molecule has 4 rings (SSSR count). The molecule has 35 heavy (non-hydrogen) atoms. The largest absolute Gasteiger partial charge is 0.375 e. The third-order valence-electron chi connectivity index (χ3n) is 6.50. The predicted octanol–water partition coefficient (Wildman–Crippen LogP) is 3.63. The number of carbonyl (C=O) groups is 2. The number of imidazole rings is 1. The molecular formula is C27H35N5O3. The first kappa shape index (κ1) is 24.9. The Hall–Kier alpha value is -3.23. The number of anilines is 1. The average Bonchev–Trinajstić information content (AvgIpc) is 3.46. The molecule has 2 amide bonds. The molecule has 186 valence electrons. The molecule has 0 bridgehead atoms. The highest BCUT2D eigenvalue weighted by atomic mass is 16.5. The zero-order valence-electron chi connectivity index (χ0n) is 21.1. The number of likely N-dealkylation sites (tertiary alicyclic amines) is 1. The van der Waals surface area contributed by atoms with Gasteiger partial charge in [-0.2, -0.15) is 0 Å². The van der Waals surface area contributed by atoms with Crippen LogP contribution >= 0.6 is 0 Å². The van der Waals surface area contributed by atoms with Crippen LogP contribution in [0.4, 0.5) is 5.69 Å². The van der Waals surface area contributed by atoms with E-state index in [1.54, 1.807) is 11.0 Å². The number of ether oxygens (including phenoxy) is 1. The first-order valence-corrected chi connectivity index (χ1v) is 12.2. The summed E-state index contributed by atoms with van der Waals surface area (Å²) < 4.78 is 6.94. The number of hydrogen-bond acceptors (Lipinski definition) is 5. The van der Waals surface area contributed by atoms with E-state index in [2.05, 4.69) is 17.1 Å². The van der Waals surface area contributed by atoms with Crippen molar-refractivity contribution in [3.05, 3.63) is 48.0 Å². The Kier molecular flexibility index (Phi) is 7.83. The molecule has 1 fully saturated rings. The Bertz CT molecular complexity index is 1180. The molecule has 2 heterocycles. The number of nitrogens with zero attached hydrogens (tertiary/aromatic N) is 4. The fourth-order valence-electron chi connectivity index (χ4n) is 4.97. The maximum atomic E-state index is 13.4. The topological polar surface area (TPSA) is 79.7 Å². The minimum Gasteiger partial charge on any atom is -0.375 e. The van der Waals surface area contributed by atoms with Crippen molar-refractivity contribution in [2.45, 2.75) is 19.8 Å². The van der Waals surface area contributed by atoms with E-state index < -0.39 is 0 Å². The van der Waals surface area contributed by atoms with E-state index in [0.29, 0.717) is 29.2 Å². The van der Waals surface area contributed by atoms with Gasteiger partial charge in [0.2, 0.25) is 5.91 Å². The van der Waals surface area contributed by atoms with Gasteiger partial charge in [-0.1, -0.05) is 37.3 Å². The van der Waals surface area contributed by atoms with E-state index in [1.807, 2.05) is 55.1 Å². The Labute approximate surface area is 206 Å². The summed E-state index contributed by atoms with van der Waals surface area (Å²) in [5.74, 6) is 0.758. The summed E-state index contributed by atoms with van der Waals surface area (Å²) in [5.41, 5.74) is 3.42. The molecule has 0 radical (unpaired) electrons. The van der Waals surface area contributed by atoms with Crippen LogP contribution in [-0.2, 0) is 16.6 Å². The number of aryl methyl sites for hydroxylation is 1. The number of amides is 2. The fraction of sp³-hybridized carbons (Fsp3) is 0.444. The van der Waals surface area contributed by atoms with Gasteiger partial charge in [0.05, 0.1) is 16.7 Å². The molecule has 8 heteroatoms. The van der Waals surface area contributed by atoms with E-state index in [9.17, 15) is 9.59 Å². The van der Waals surface area contributed by atoms with Crippen molar-refractivity contribution in [2.24, 2.45) is 13.0 Å². The number of carbonyl (C=O) groups excluding carboxylic acids is 2. The number of nitrogens with one attached hydrogen (secondary N) is 1. The van der Waals surface area contributed by atoms with Crippen molar-refractivity contribution in [3.8, 4) is 11.4 Å². The molecular weight excluding hydrogens is 442 g/mol. The Morgan fingerprint density at radius 3 is 2.57 bits per heavy atom. The third-order valence-corrected chi connectivity index (χ3v) is 6.50. The molecule has 1 aliphatic heterocycles. The van der Waals surface area contributed by atoms with Crippen LogP contribution in [0.5, 0.6) is 0 Å². The highest BCUT2D eigenvalue weighted by molar-refractivity contribution is 6.06. The minimum absolute atomic E-state index is 0.0724. The normalized spacial score (nSPS) is 14.9. The second-order valence-corrected chi connectivity index (χ2v) is 9.53. The van der Waals surface area contributed by atoms with E-state index >= 15 is 0 Å². The average molecular weight is 478 g/mol. The number of rotatable bonds is 9. The predicted molar refractivity (Wildman–Crippen MR) is 138 cm³/mol. The molecule has 1 atom stereocenters. The molecule has 1 aromatic heterocycles. The number of hydrogen-bond donors (Lipinski definition) is 1. The Balaban J connectivity index is 1.65. The zero-order chi connectivity index (χ0) is 24.9. The molecule has 0 unspecified atom stereocenters. The van der Waals surface area contributed by atoms with Crippen LogP contribution in [0.25, 0.3) is 22.4 Å². The van der Waals surface area contributed by atoms with Crippen LogP contribution in [0.2, 0.25) is 0 Å². The molecule has 1 aliphatic rings. The quantitative estimate of drug-likeness (QED) is 0.509. The molecule has 0 spiro atoms. The van der Waals surface area contributed by atoms with E-state index in [1.165, 1.54) is 20.0 Å². The number of fused-ring (bicyclic) bond motifs is 1. The molecule has 3 aromatic rings. The lowest BCUT2D eigenvalue weighted by molar-refractivity contribution is -0.119. The standard InChI is InChI=1S/C27H35N5O3/c1-19(17-32-12-8-9-13-32)16-30(2)27(34)21-14-22(28-24(33)18-35-4)25-23(15-21)29-26(31(25)3)20-10-6-5-7-11-20/h5-7,10-11,14-15,19H,8-9,12-13,16-18H2,1-4H3,(H,28,33)/t19-/m0/s1. The smallest absolute Gasteiger partial charge is 0.253 e. The van der Waals surface area contributed by atoms with Crippen molar-refractivity contribution in [1.82, 2.24) is 19.4 Å². The van der Waals surface area contributed by atoms with Crippen LogP contribution < -0.4 is 5.32 Å². The van der Waals surface area contributed by atoms with Gasteiger partial charge in [0.1, 0.15) is 12.4 Å². The highest BCUT2D eigenvalue weighted by Gasteiger charge is 2.22. The van der Waals surface area contributed by atoms with Crippen molar-refractivity contribution in [2.75, 3.05) is 52.3 Å². The highest BCUT2D eigenvalue weighted by Crippen LogP contribution is 2.31. The second kappa shape index (κ2) is 11.0. The lowest BCUT2D eigenvalue weighted by Gasteiger charge is -2.25. The summed E-state index contributed by atoms with van der Waals surface area (Å²) in [4.78, 5) is 34.9. The van der Waals surface area contributed by atoms with Crippen molar-refractivity contribution >= 4 is 28.5 Å². The van der Waals surface area contributed by atoms with Gasteiger partial charge in [0.25, 0.3) is 5.91 Å². The van der Waals surface area contributed by atoms with Gasteiger partial charge < -0.3 is 24.4 Å². The van der Waals surface area contributed by atoms with Gasteiger partial charge in [0, 0.05) is 45.4 Å². The third kappa shape index (κ3) is 5.71. The van der Waals surface area contributed by atoms with Gasteiger partial charge in [-0.05, 0) is 44.0 Å². The maximum Gasteiger partial charge on any atom is 0.253 e. The van der Waals surface area contributed by atoms with Gasteiger partial charge >= 0.3 is 0 Å². The van der Waals surface area contributed by atoms with Gasteiger partial charge in [-0.25, -0.2) is 4.98 Å². The lowest BCUT2D eigenvalue weighted by Crippen LogP contribution is -2.36. The summed E-state index contributed by atoms with van der Waals surface area (Å²) in [6.45, 7) is 6.06. The second-order valence-electron chi connectivity index (χ2n) is 9.53. The van der Waals surface area contributed by atoms with Crippen LogP contribution in [0, 0.1) is 5.92 Å². The summed E-state index contributed by atoms with van der Waals surface area (Å²) in [6.07, 6.45) is 2.52. The van der Waals surface area contributed by atoms with E-state index in [4.69, 9.17) is 9.72 Å². The van der Waals surface area contributed by atoms with Gasteiger partial charge in [0.15, 0.2) is 0 Å². The summed E-state index contributed by atoms with van der Waals surface area (Å²) >= 11 is 0. The van der Waals surface area contributed by atoms with Crippen LogP contribution in [0.3, 0.4) is 0 Å². The van der Waals surface area contributed by atoms with Crippen LogP contribution in [-0.4, -0.2) is 78.1 Å². The van der Waals surface area contributed by atoms with E-state index in [0.717, 1.165) is 36.5 Å². The molecule has 8 nitrogen and oxygen atoms in total. The first-order valence-electron chi connectivity index (χ1n) is 12.2. The minimum atomic E-state index is -0.284. The maximum absolute atomic E-state index is 13.4. The van der Waals surface area contributed by atoms with Gasteiger partial charge in [-0.15, -0.1) is 0 Å². The Morgan fingerprint density at radius 1 is 1.17 bits per heavy atom. The fourth-order valence-corrected chi connectivity index (χ4v) is 4.97. The van der Waals surface area contributed by atoms with Crippen LogP contribution in [0.15, 0.2) is 42.5 Å². The summed E-state index contributed by atoms with van der Waals surface area (Å²) in [7, 11) is 5.23. The lowest BCUT2D eigenvalue weighted by atomic mass is 10.1. The Morgan fingerprint density at radius 2 is 1.89 bits per heavy atom. The van der Waals surface area contributed by atoms with Crippen LogP contribution in [0.1, 0.15) is 30.1 Å². The number of aromatic nitrogens is 2. The molecule has 2 aromatic carbocycles. The molecule has 1 N–H and O–H groups in total. The molecule has 0 aliphatic carbocycles. The number of benzene rings is 2. The SMILES string of the molecule is COCC(=O)Nc1cc(C(=O)N(C)C[C@H](C)CN2CCCC2)cc2nc(-c3ccccc3)n(C)c12. The monoisotopic (exact) mass is 477 g/mol. The zero-order valence-corrected chi connectivity index (χ0v) is 21.1. The summed E-state index contributed by atoms with van der Waals surface area (Å²) in [5, 5.41) is 2.91. The van der Waals surface area contributed by atoms with Gasteiger partial charge in [-0.3, -0.25) is 9.59 Å². The molecule has 0 saturated carbocycles. The summed E-state index contributed by atoms with van der Waals surface area (Å²) in [6, 6.07) is 13.4.